The van der Waals surface area contributed by atoms with E-state index in [4.69, 9.17) is 5.11 Å². The van der Waals surface area contributed by atoms with Gasteiger partial charge in [0.1, 0.15) is 0 Å². The van der Waals surface area contributed by atoms with Gasteiger partial charge in [0, 0.05) is 0 Å². The molecule has 0 aromatic carbocycles. The number of hydrogen-bond acceptors (Lipinski definition) is 1. The first-order valence-corrected chi connectivity index (χ1v) is 5.02. The average molecular weight is 166 g/mol. The van der Waals surface area contributed by atoms with E-state index in [1.807, 2.05) is 0 Å². The number of aliphatic carboxylic acids is 1. The second-order valence-corrected chi connectivity index (χ2v) is 4.67. The highest BCUT2D eigenvalue weighted by Crippen LogP contribution is 2.63. The van der Waals surface area contributed by atoms with Crippen LogP contribution in [0.1, 0.15) is 25.7 Å². The van der Waals surface area contributed by atoms with Crippen LogP contribution in [0.25, 0.3) is 0 Å². The van der Waals surface area contributed by atoms with E-state index >= 15 is 0 Å². The summed E-state index contributed by atoms with van der Waals surface area (Å²) < 4.78 is 0. The standard InChI is InChI=1S/C10H14O2/c11-10(12)9-7-3-1-5-6(7)2-4-8(5)9/h5-9H,1-4H2,(H,11,12)/t5-,6-,7+,8+/m0/s1. The highest BCUT2D eigenvalue weighted by Gasteiger charge is 2.60. The van der Waals surface area contributed by atoms with Gasteiger partial charge >= 0.3 is 5.97 Å². The minimum atomic E-state index is -0.517. The van der Waals surface area contributed by atoms with Crippen LogP contribution in [0.3, 0.4) is 0 Å². The van der Waals surface area contributed by atoms with Crippen LogP contribution in [0.2, 0.25) is 0 Å². The third-order valence-electron chi connectivity index (χ3n) is 4.52. The molecule has 0 radical (unpaired) electrons. The molecule has 4 atom stereocenters. The van der Waals surface area contributed by atoms with Gasteiger partial charge in [-0.3, -0.25) is 4.79 Å². The fourth-order valence-electron chi connectivity index (χ4n) is 4.26. The third kappa shape index (κ3) is 0.606. The van der Waals surface area contributed by atoms with Crippen molar-refractivity contribution in [1.29, 1.82) is 0 Å². The molecule has 0 unspecified atom stereocenters. The van der Waals surface area contributed by atoms with Crippen LogP contribution in [-0.4, -0.2) is 11.1 Å². The molecule has 3 aliphatic rings. The quantitative estimate of drug-likeness (QED) is 0.644. The maximum atomic E-state index is 11.0. The molecule has 0 spiro atoms. The van der Waals surface area contributed by atoms with Crippen molar-refractivity contribution in [3.05, 3.63) is 0 Å². The van der Waals surface area contributed by atoms with E-state index in [9.17, 15) is 4.79 Å². The first kappa shape index (κ1) is 6.93. The molecule has 2 heteroatoms. The van der Waals surface area contributed by atoms with Gasteiger partial charge in [0.25, 0.3) is 0 Å². The van der Waals surface area contributed by atoms with Crippen LogP contribution in [0.4, 0.5) is 0 Å². The monoisotopic (exact) mass is 166 g/mol. The molecule has 1 N–H and O–H groups in total. The predicted molar refractivity (Wildman–Crippen MR) is 43.6 cm³/mol. The highest BCUT2D eigenvalue weighted by atomic mass is 16.4. The van der Waals surface area contributed by atoms with Gasteiger partial charge in [0.05, 0.1) is 5.92 Å². The zero-order valence-electron chi connectivity index (χ0n) is 7.07. The van der Waals surface area contributed by atoms with Crippen LogP contribution >= 0.6 is 0 Å². The van der Waals surface area contributed by atoms with Gasteiger partial charge in [-0.05, 0) is 49.4 Å². The topological polar surface area (TPSA) is 37.3 Å². The third-order valence-corrected chi connectivity index (χ3v) is 4.52. The number of hydrogen-bond donors (Lipinski definition) is 1. The van der Waals surface area contributed by atoms with Crippen molar-refractivity contribution in [2.75, 3.05) is 0 Å². The van der Waals surface area contributed by atoms with E-state index in [1.54, 1.807) is 0 Å². The largest absolute Gasteiger partial charge is 0.481 e. The molecule has 4 bridgehead atoms. The zero-order chi connectivity index (χ0) is 8.29. The van der Waals surface area contributed by atoms with Crippen LogP contribution in [0.15, 0.2) is 0 Å². The minimum Gasteiger partial charge on any atom is -0.481 e. The van der Waals surface area contributed by atoms with Gasteiger partial charge in [0.15, 0.2) is 0 Å². The predicted octanol–water partition coefficient (Wildman–Crippen LogP) is 1.75. The molecule has 3 aliphatic carbocycles. The Hall–Kier alpha value is -0.530. The maximum Gasteiger partial charge on any atom is 0.307 e. The summed E-state index contributed by atoms with van der Waals surface area (Å²) >= 11 is 0. The summed E-state index contributed by atoms with van der Waals surface area (Å²) in [4.78, 5) is 11.0. The van der Waals surface area contributed by atoms with Crippen molar-refractivity contribution in [1.82, 2.24) is 0 Å². The second kappa shape index (κ2) is 2.04. The average Bonchev–Trinajstić information content (AvgIpc) is 2.66. The van der Waals surface area contributed by atoms with Crippen molar-refractivity contribution >= 4 is 5.97 Å². The molecule has 3 fully saturated rings. The van der Waals surface area contributed by atoms with Crippen molar-refractivity contribution in [3.8, 4) is 0 Å². The molecule has 0 aromatic rings. The van der Waals surface area contributed by atoms with E-state index in [0.29, 0.717) is 11.8 Å². The Balaban J connectivity index is 1.96. The fourth-order valence-corrected chi connectivity index (χ4v) is 4.26. The van der Waals surface area contributed by atoms with E-state index < -0.39 is 5.97 Å². The molecule has 0 heterocycles. The molecule has 3 rings (SSSR count). The maximum absolute atomic E-state index is 11.0. The van der Waals surface area contributed by atoms with Crippen LogP contribution in [-0.2, 0) is 4.79 Å². The van der Waals surface area contributed by atoms with Gasteiger partial charge in [-0.25, -0.2) is 0 Å². The van der Waals surface area contributed by atoms with Crippen molar-refractivity contribution in [2.24, 2.45) is 29.6 Å². The molecule has 0 amide bonds. The molecular weight excluding hydrogens is 152 g/mol. The summed E-state index contributed by atoms with van der Waals surface area (Å²) in [6.07, 6.45) is 5.04. The molecular formula is C10H14O2. The van der Waals surface area contributed by atoms with E-state index in [-0.39, 0.29) is 5.92 Å². The Morgan fingerprint density at radius 2 is 1.33 bits per heavy atom. The minimum absolute atomic E-state index is 0.0440. The summed E-state index contributed by atoms with van der Waals surface area (Å²) in [5, 5.41) is 9.06. The van der Waals surface area contributed by atoms with E-state index in [0.717, 1.165) is 11.8 Å². The van der Waals surface area contributed by atoms with Gasteiger partial charge in [-0.15, -0.1) is 0 Å². The van der Waals surface area contributed by atoms with Crippen LogP contribution in [0.5, 0.6) is 0 Å². The highest BCUT2D eigenvalue weighted by molar-refractivity contribution is 5.72. The summed E-state index contributed by atoms with van der Waals surface area (Å²) in [7, 11) is 0. The summed E-state index contributed by atoms with van der Waals surface area (Å²) in [5.74, 6) is 2.25. The second-order valence-electron chi connectivity index (χ2n) is 4.67. The zero-order valence-corrected chi connectivity index (χ0v) is 7.07. The van der Waals surface area contributed by atoms with Crippen molar-refractivity contribution in [3.63, 3.8) is 0 Å². The molecule has 2 nitrogen and oxygen atoms in total. The molecule has 12 heavy (non-hydrogen) atoms. The lowest BCUT2D eigenvalue weighted by molar-refractivity contribution is -0.146. The van der Waals surface area contributed by atoms with Crippen molar-refractivity contribution in [2.45, 2.75) is 25.7 Å². The molecule has 0 aromatic heterocycles. The molecule has 0 aliphatic heterocycles. The first-order chi connectivity index (χ1) is 5.79. The Morgan fingerprint density at radius 1 is 0.917 bits per heavy atom. The number of carboxylic acids is 1. The summed E-state index contributed by atoms with van der Waals surface area (Å²) in [6, 6.07) is 0. The number of rotatable bonds is 1. The summed E-state index contributed by atoms with van der Waals surface area (Å²) in [5.41, 5.74) is 0. The molecule has 0 saturated heterocycles. The van der Waals surface area contributed by atoms with Crippen LogP contribution < -0.4 is 0 Å². The Kier molecular flexibility index (Phi) is 1.18. The lowest BCUT2D eigenvalue weighted by atomic mass is 9.75. The number of carbonyl (C=O) groups is 1. The van der Waals surface area contributed by atoms with Gasteiger partial charge < -0.3 is 5.11 Å². The Labute approximate surface area is 72.0 Å². The van der Waals surface area contributed by atoms with E-state index in [2.05, 4.69) is 0 Å². The number of carboxylic acid groups (broad SMARTS) is 1. The van der Waals surface area contributed by atoms with Crippen molar-refractivity contribution < 1.29 is 9.90 Å². The smallest absolute Gasteiger partial charge is 0.307 e. The van der Waals surface area contributed by atoms with Gasteiger partial charge in [-0.2, -0.15) is 0 Å². The van der Waals surface area contributed by atoms with Gasteiger partial charge in [0.2, 0.25) is 0 Å². The lowest BCUT2D eigenvalue weighted by Crippen LogP contribution is -2.30. The fraction of sp³-hybridized carbons (Fsp3) is 0.900. The van der Waals surface area contributed by atoms with Crippen LogP contribution in [0, 0.1) is 29.6 Å². The molecule has 3 saturated carbocycles. The van der Waals surface area contributed by atoms with E-state index in [1.165, 1.54) is 25.7 Å². The summed E-state index contributed by atoms with van der Waals surface area (Å²) in [6.45, 7) is 0. The van der Waals surface area contributed by atoms with Gasteiger partial charge in [-0.1, -0.05) is 0 Å². The Morgan fingerprint density at radius 3 is 1.67 bits per heavy atom. The SMILES string of the molecule is O=C(O)C1[C@@H]2CC[C@H]3[C@@H]2CC[C@@H]13. The first-order valence-electron chi connectivity index (χ1n) is 5.02. The Bertz CT molecular complexity index is 218. The molecule has 66 valence electrons. The lowest BCUT2D eigenvalue weighted by Gasteiger charge is -2.28. The normalized spacial score (nSPS) is 54.8.